The number of halogens is 7. The molecule has 1 N–H and O–H groups in total. The van der Waals surface area contributed by atoms with Crippen LogP contribution in [0.2, 0.25) is 0 Å². The second-order valence-electron chi connectivity index (χ2n) is 9.14. The highest BCUT2D eigenvalue weighted by Crippen LogP contribution is 2.46. The van der Waals surface area contributed by atoms with Crippen LogP contribution in [0.4, 0.5) is 30.7 Å². The molecule has 1 aromatic carbocycles. The number of nitrogens with zero attached hydrogens (tertiary/aromatic N) is 3. The Morgan fingerprint density at radius 2 is 1.85 bits per heavy atom. The molecule has 0 spiro atoms. The SMILES string of the molecule is O=c1ccc(C2CN(C(c3cc4ncc(Oc5ccc(F)cc5F)cc4cn3)C(F)(F)F)CCC2(F)F)c[nH]1. The summed E-state index contributed by atoms with van der Waals surface area (Å²) < 4.78 is 105. The minimum Gasteiger partial charge on any atom is -0.453 e. The standard InChI is InChI=1S/C26H19F7N4O2/c27-16-2-3-22(19(28)8-16)39-17-7-15-11-34-21(9-20(15)35-12-17)24(26(31,32)33)37-6-5-25(29,30)18(13-37)14-1-4-23(38)36-10-14/h1-4,7-12,18,24H,5-6,13H2,(H,36,38). The molecule has 0 aliphatic carbocycles. The van der Waals surface area contributed by atoms with Crippen LogP contribution in [0.3, 0.4) is 0 Å². The first-order chi connectivity index (χ1) is 18.4. The summed E-state index contributed by atoms with van der Waals surface area (Å²) in [5, 5.41) is 0.274. The minimum absolute atomic E-state index is 0.0171. The van der Waals surface area contributed by atoms with Crippen LogP contribution in [0.25, 0.3) is 10.9 Å². The minimum atomic E-state index is -4.86. The topological polar surface area (TPSA) is 71.1 Å². The van der Waals surface area contributed by atoms with Crippen molar-refractivity contribution in [1.29, 1.82) is 0 Å². The van der Waals surface area contributed by atoms with Gasteiger partial charge in [0.05, 0.1) is 23.3 Å². The number of rotatable bonds is 5. The Labute approximate surface area is 216 Å². The van der Waals surface area contributed by atoms with Crippen LogP contribution >= 0.6 is 0 Å². The van der Waals surface area contributed by atoms with Crippen LogP contribution in [-0.2, 0) is 0 Å². The van der Waals surface area contributed by atoms with E-state index in [4.69, 9.17) is 4.74 Å². The van der Waals surface area contributed by atoms with Crippen molar-refractivity contribution in [2.75, 3.05) is 13.1 Å². The number of aromatic nitrogens is 3. The Bertz CT molecular complexity index is 1550. The van der Waals surface area contributed by atoms with E-state index < -0.39 is 66.5 Å². The monoisotopic (exact) mass is 552 g/mol. The molecule has 1 aliphatic heterocycles. The predicted molar refractivity (Wildman–Crippen MR) is 126 cm³/mol. The summed E-state index contributed by atoms with van der Waals surface area (Å²) in [5.41, 5.74) is -0.831. The van der Waals surface area contributed by atoms with Gasteiger partial charge < -0.3 is 9.72 Å². The van der Waals surface area contributed by atoms with Gasteiger partial charge in [-0.2, -0.15) is 13.2 Å². The number of nitrogens with one attached hydrogen (secondary N) is 1. The van der Waals surface area contributed by atoms with Gasteiger partial charge in [-0.25, -0.2) is 17.6 Å². The van der Waals surface area contributed by atoms with Crippen LogP contribution in [-0.4, -0.2) is 45.0 Å². The van der Waals surface area contributed by atoms with Gasteiger partial charge in [0.25, 0.3) is 5.92 Å². The maximum absolute atomic E-state index is 14.8. The van der Waals surface area contributed by atoms with Gasteiger partial charge in [-0.15, -0.1) is 0 Å². The fraction of sp³-hybridized carbons (Fsp3) is 0.269. The number of likely N-dealkylation sites (tertiary alicyclic amines) is 1. The highest BCUT2D eigenvalue weighted by Gasteiger charge is 2.52. The average molecular weight is 552 g/mol. The molecule has 204 valence electrons. The second-order valence-corrected chi connectivity index (χ2v) is 9.14. The van der Waals surface area contributed by atoms with E-state index in [9.17, 15) is 35.5 Å². The molecule has 1 saturated heterocycles. The van der Waals surface area contributed by atoms with Crippen LogP contribution < -0.4 is 10.3 Å². The molecule has 0 saturated carbocycles. The largest absolute Gasteiger partial charge is 0.453 e. The molecule has 4 aromatic rings. The van der Waals surface area contributed by atoms with E-state index in [1.165, 1.54) is 12.1 Å². The van der Waals surface area contributed by atoms with Crippen LogP contribution in [0, 0.1) is 11.6 Å². The Balaban J connectivity index is 1.44. The predicted octanol–water partition coefficient (Wildman–Crippen LogP) is 6.12. The molecule has 39 heavy (non-hydrogen) atoms. The molecular weight excluding hydrogens is 533 g/mol. The van der Waals surface area contributed by atoms with E-state index in [0.29, 0.717) is 6.07 Å². The molecule has 0 bridgehead atoms. The van der Waals surface area contributed by atoms with Gasteiger partial charge in [-0.05, 0) is 29.8 Å². The summed E-state index contributed by atoms with van der Waals surface area (Å²) >= 11 is 0. The number of benzene rings is 1. The lowest BCUT2D eigenvalue weighted by Crippen LogP contribution is -2.50. The number of H-pyrrole nitrogens is 1. The molecule has 2 unspecified atom stereocenters. The average Bonchev–Trinajstić information content (AvgIpc) is 2.86. The number of hydrogen-bond acceptors (Lipinski definition) is 5. The van der Waals surface area contributed by atoms with Gasteiger partial charge >= 0.3 is 6.18 Å². The highest BCUT2D eigenvalue weighted by molar-refractivity contribution is 5.79. The molecular formula is C26H19F7N4O2. The molecule has 4 heterocycles. The number of ether oxygens (including phenoxy) is 1. The van der Waals surface area contributed by atoms with Crippen molar-refractivity contribution in [3.63, 3.8) is 0 Å². The van der Waals surface area contributed by atoms with Crippen molar-refractivity contribution in [2.45, 2.75) is 30.5 Å². The van der Waals surface area contributed by atoms with Crippen molar-refractivity contribution in [3.05, 3.63) is 94.3 Å². The summed E-state index contributed by atoms with van der Waals surface area (Å²) in [5.74, 6) is -6.86. The molecule has 2 atom stereocenters. The first-order valence-electron chi connectivity index (χ1n) is 11.7. The third-order valence-electron chi connectivity index (χ3n) is 6.51. The lowest BCUT2D eigenvalue weighted by atomic mass is 9.86. The molecule has 1 aliphatic rings. The summed E-state index contributed by atoms with van der Waals surface area (Å²) in [6.45, 7) is -1.17. The summed E-state index contributed by atoms with van der Waals surface area (Å²) in [6.07, 6.45) is -2.31. The number of pyridine rings is 3. The molecule has 0 amide bonds. The normalized spacial score (nSPS) is 18.7. The first-order valence-corrected chi connectivity index (χ1v) is 11.7. The fourth-order valence-corrected chi connectivity index (χ4v) is 4.62. The first kappa shape index (κ1) is 26.6. The van der Waals surface area contributed by atoms with Crippen LogP contribution in [0.5, 0.6) is 11.5 Å². The van der Waals surface area contributed by atoms with Gasteiger partial charge in [0.2, 0.25) is 5.56 Å². The third-order valence-corrected chi connectivity index (χ3v) is 6.51. The Morgan fingerprint density at radius 3 is 2.54 bits per heavy atom. The van der Waals surface area contributed by atoms with Crippen molar-refractivity contribution >= 4 is 10.9 Å². The quantitative estimate of drug-likeness (QED) is 0.302. The van der Waals surface area contributed by atoms with Crippen molar-refractivity contribution < 1.29 is 35.5 Å². The van der Waals surface area contributed by atoms with Gasteiger partial charge in [0.15, 0.2) is 11.6 Å². The van der Waals surface area contributed by atoms with Gasteiger partial charge in [0, 0.05) is 49.4 Å². The van der Waals surface area contributed by atoms with E-state index in [1.54, 1.807) is 0 Å². The Hall–Kier alpha value is -4.00. The van der Waals surface area contributed by atoms with E-state index in [-0.39, 0.29) is 28.0 Å². The van der Waals surface area contributed by atoms with Gasteiger partial charge in [-0.1, -0.05) is 6.07 Å². The highest BCUT2D eigenvalue weighted by atomic mass is 19.4. The molecule has 13 heteroatoms. The third kappa shape index (κ3) is 5.58. The zero-order valence-electron chi connectivity index (χ0n) is 19.9. The number of piperidine rings is 1. The summed E-state index contributed by atoms with van der Waals surface area (Å²) in [6, 6.07) is 5.12. The number of aromatic amines is 1. The molecule has 1 fully saturated rings. The van der Waals surface area contributed by atoms with Crippen LogP contribution in [0.1, 0.15) is 29.6 Å². The fourth-order valence-electron chi connectivity index (χ4n) is 4.62. The summed E-state index contributed by atoms with van der Waals surface area (Å²) in [7, 11) is 0. The number of hydrogen-bond donors (Lipinski definition) is 1. The van der Waals surface area contributed by atoms with Gasteiger partial charge in [-0.3, -0.25) is 19.7 Å². The van der Waals surface area contributed by atoms with E-state index in [2.05, 4.69) is 15.0 Å². The number of alkyl halides is 5. The zero-order valence-corrected chi connectivity index (χ0v) is 19.9. The Kier molecular flexibility index (Phi) is 6.79. The molecule has 5 rings (SSSR count). The van der Waals surface area contributed by atoms with E-state index >= 15 is 0 Å². The lowest BCUT2D eigenvalue weighted by molar-refractivity contribution is -0.201. The Morgan fingerprint density at radius 1 is 1.05 bits per heavy atom. The molecule has 3 aromatic heterocycles. The lowest BCUT2D eigenvalue weighted by Gasteiger charge is -2.42. The molecule has 0 radical (unpaired) electrons. The summed E-state index contributed by atoms with van der Waals surface area (Å²) in [4.78, 5) is 22.6. The maximum atomic E-state index is 14.8. The molecule has 6 nitrogen and oxygen atoms in total. The smallest absolute Gasteiger partial charge is 0.409 e. The van der Waals surface area contributed by atoms with E-state index in [1.807, 2.05) is 0 Å². The zero-order chi connectivity index (χ0) is 27.9. The van der Waals surface area contributed by atoms with Crippen molar-refractivity contribution in [3.8, 4) is 11.5 Å². The van der Waals surface area contributed by atoms with Gasteiger partial charge in [0.1, 0.15) is 17.6 Å². The van der Waals surface area contributed by atoms with Crippen molar-refractivity contribution in [1.82, 2.24) is 19.9 Å². The second kappa shape index (κ2) is 9.95. The van der Waals surface area contributed by atoms with Crippen molar-refractivity contribution in [2.24, 2.45) is 0 Å². The number of fused-ring (bicyclic) bond motifs is 1. The van der Waals surface area contributed by atoms with E-state index in [0.717, 1.165) is 47.8 Å². The maximum Gasteiger partial charge on any atom is 0.409 e. The van der Waals surface area contributed by atoms with Crippen LogP contribution in [0.15, 0.2) is 65.8 Å².